The summed E-state index contributed by atoms with van der Waals surface area (Å²) in [5.74, 6) is 0. The lowest BCUT2D eigenvalue weighted by Crippen LogP contribution is -2.15. The van der Waals surface area contributed by atoms with Gasteiger partial charge < -0.3 is 9.32 Å². The van der Waals surface area contributed by atoms with Gasteiger partial charge in [-0.3, -0.25) is 0 Å². The maximum Gasteiger partial charge on any atom is 0.144 e. The van der Waals surface area contributed by atoms with Crippen LogP contribution in [-0.2, 0) is 5.41 Å². The molecule has 2 heterocycles. The van der Waals surface area contributed by atoms with Crippen molar-refractivity contribution in [2.45, 2.75) is 19.3 Å². The lowest BCUT2D eigenvalue weighted by molar-refractivity contribution is 0.660. The number of nitrogens with zero attached hydrogens (tertiary/aromatic N) is 1. The Labute approximate surface area is 270 Å². The molecule has 0 radical (unpaired) electrons. The van der Waals surface area contributed by atoms with Gasteiger partial charge in [0.05, 0.1) is 10.4 Å². The van der Waals surface area contributed by atoms with E-state index in [2.05, 4.69) is 158 Å². The maximum atomic E-state index is 6.71. The first kappa shape index (κ1) is 25.9. The van der Waals surface area contributed by atoms with E-state index in [4.69, 9.17) is 4.42 Å². The van der Waals surface area contributed by atoms with Crippen LogP contribution in [0.2, 0.25) is 0 Å². The molecule has 46 heavy (non-hydrogen) atoms. The van der Waals surface area contributed by atoms with E-state index in [0.717, 1.165) is 27.9 Å². The van der Waals surface area contributed by atoms with Crippen LogP contribution in [0.1, 0.15) is 25.0 Å². The molecule has 1 aliphatic carbocycles. The number of hydrogen-bond donors (Lipinski definition) is 0. The number of para-hydroxylation sites is 1. The topological polar surface area (TPSA) is 16.4 Å². The minimum absolute atomic E-state index is 0.0304. The fourth-order valence-corrected chi connectivity index (χ4v) is 9.02. The predicted octanol–water partition coefficient (Wildman–Crippen LogP) is 12.9. The molecule has 0 amide bonds. The van der Waals surface area contributed by atoms with Crippen molar-refractivity contribution < 1.29 is 4.42 Å². The Balaban J connectivity index is 1.23. The van der Waals surface area contributed by atoms with E-state index < -0.39 is 0 Å². The van der Waals surface area contributed by atoms with E-state index in [1.165, 1.54) is 64.3 Å². The molecule has 9 aromatic rings. The summed E-state index contributed by atoms with van der Waals surface area (Å²) in [7, 11) is 0. The van der Waals surface area contributed by atoms with E-state index in [9.17, 15) is 0 Å². The molecule has 1 aliphatic rings. The standard InChI is InChI=1S/C43H29NOS/c1-43(2)35-17-9-8-15-30(35)33-25-29(19-21-36(33)43)44(28-13-4-3-5-14-28)37-18-10-16-32-40-39(46-42(32)37)22-20-31-34-23-26-11-6-7-12-27(26)24-38(34)45-41(31)40/h3-25H,1-2H3. The molecule has 2 aromatic heterocycles. The van der Waals surface area contributed by atoms with Crippen LogP contribution in [0.5, 0.6) is 0 Å². The van der Waals surface area contributed by atoms with Crippen molar-refractivity contribution in [2.24, 2.45) is 0 Å². The average molecular weight is 608 g/mol. The Morgan fingerprint density at radius 3 is 2.20 bits per heavy atom. The first-order valence-corrected chi connectivity index (χ1v) is 16.7. The van der Waals surface area contributed by atoms with E-state index in [1.54, 1.807) is 0 Å². The van der Waals surface area contributed by atoms with Gasteiger partial charge in [-0.25, -0.2) is 0 Å². The van der Waals surface area contributed by atoms with Crippen molar-refractivity contribution in [2.75, 3.05) is 4.90 Å². The highest BCUT2D eigenvalue weighted by molar-refractivity contribution is 7.26. The zero-order valence-corrected chi connectivity index (χ0v) is 26.4. The SMILES string of the molecule is CC1(C)c2ccccc2-c2cc(N(c3ccccc3)c3cccc4c3sc3ccc5c6cc7ccccc7cc6oc5c34)ccc21. The summed E-state index contributed by atoms with van der Waals surface area (Å²) in [4.78, 5) is 2.43. The zero-order chi connectivity index (χ0) is 30.6. The highest BCUT2D eigenvalue weighted by Gasteiger charge is 2.35. The smallest absolute Gasteiger partial charge is 0.144 e. The molecular weight excluding hydrogens is 579 g/mol. The number of benzene rings is 7. The molecule has 7 aromatic carbocycles. The van der Waals surface area contributed by atoms with Gasteiger partial charge >= 0.3 is 0 Å². The summed E-state index contributed by atoms with van der Waals surface area (Å²) >= 11 is 1.85. The number of anilines is 3. The first-order valence-electron chi connectivity index (χ1n) is 15.9. The molecule has 3 heteroatoms. The quantitative estimate of drug-likeness (QED) is 0.199. The summed E-state index contributed by atoms with van der Waals surface area (Å²) in [6, 6.07) is 50.9. The molecule has 0 unspecified atom stereocenters. The normalized spacial score (nSPS) is 13.6. The summed E-state index contributed by atoms with van der Waals surface area (Å²) in [5, 5.41) is 7.17. The lowest BCUT2D eigenvalue weighted by atomic mass is 9.82. The molecule has 0 bridgehead atoms. The van der Waals surface area contributed by atoms with Crippen molar-refractivity contribution >= 4 is 81.3 Å². The third kappa shape index (κ3) is 3.52. The van der Waals surface area contributed by atoms with Crippen molar-refractivity contribution in [1.29, 1.82) is 0 Å². The van der Waals surface area contributed by atoms with Gasteiger partial charge in [0.15, 0.2) is 0 Å². The number of fused-ring (bicyclic) bond motifs is 11. The van der Waals surface area contributed by atoms with Gasteiger partial charge in [0.1, 0.15) is 11.2 Å². The fourth-order valence-electron chi connectivity index (χ4n) is 7.81. The van der Waals surface area contributed by atoms with E-state index in [1.807, 2.05) is 11.3 Å². The molecule has 0 saturated heterocycles. The molecule has 0 fully saturated rings. The predicted molar refractivity (Wildman–Crippen MR) is 196 cm³/mol. The molecule has 218 valence electrons. The van der Waals surface area contributed by atoms with Crippen LogP contribution in [0.4, 0.5) is 17.1 Å². The summed E-state index contributed by atoms with van der Waals surface area (Å²) < 4.78 is 9.19. The molecule has 10 rings (SSSR count). The monoisotopic (exact) mass is 607 g/mol. The van der Waals surface area contributed by atoms with Crippen molar-refractivity contribution in [3.63, 3.8) is 0 Å². The number of furan rings is 1. The first-order chi connectivity index (χ1) is 22.6. The second kappa shape index (κ2) is 9.32. The van der Waals surface area contributed by atoms with Crippen LogP contribution in [0.3, 0.4) is 0 Å². The van der Waals surface area contributed by atoms with E-state index >= 15 is 0 Å². The van der Waals surface area contributed by atoms with Gasteiger partial charge in [0.25, 0.3) is 0 Å². The van der Waals surface area contributed by atoms with E-state index in [0.29, 0.717) is 0 Å². The van der Waals surface area contributed by atoms with Gasteiger partial charge in [0, 0.05) is 43.0 Å². The number of hydrogen-bond acceptors (Lipinski definition) is 3. The second-order valence-electron chi connectivity index (χ2n) is 12.9. The van der Waals surface area contributed by atoms with Crippen LogP contribution in [0.15, 0.2) is 144 Å². The van der Waals surface area contributed by atoms with Crippen LogP contribution in [-0.4, -0.2) is 0 Å². The minimum atomic E-state index is -0.0304. The number of rotatable bonds is 3. The van der Waals surface area contributed by atoms with Crippen LogP contribution < -0.4 is 4.90 Å². The fraction of sp³-hybridized carbons (Fsp3) is 0.0698. The van der Waals surface area contributed by atoms with Gasteiger partial charge in [-0.2, -0.15) is 0 Å². The van der Waals surface area contributed by atoms with Crippen LogP contribution in [0.25, 0.3) is 64.0 Å². The zero-order valence-electron chi connectivity index (χ0n) is 25.5. The summed E-state index contributed by atoms with van der Waals surface area (Å²) in [6.07, 6.45) is 0. The Bertz CT molecular complexity index is 2680. The Morgan fingerprint density at radius 2 is 1.33 bits per heavy atom. The third-order valence-corrected chi connectivity index (χ3v) is 11.2. The molecule has 0 atom stereocenters. The van der Waals surface area contributed by atoms with Gasteiger partial charge in [-0.1, -0.05) is 98.8 Å². The Hall–Kier alpha value is -5.38. The highest BCUT2D eigenvalue weighted by atomic mass is 32.1. The van der Waals surface area contributed by atoms with Crippen LogP contribution in [0, 0.1) is 0 Å². The summed E-state index contributed by atoms with van der Waals surface area (Å²) in [5.41, 5.74) is 10.8. The van der Waals surface area contributed by atoms with Crippen molar-refractivity contribution in [3.8, 4) is 11.1 Å². The molecule has 0 saturated carbocycles. The van der Waals surface area contributed by atoms with Gasteiger partial charge in [0.2, 0.25) is 0 Å². The van der Waals surface area contributed by atoms with Crippen molar-refractivity contribution in [1.82, 2.24) is 0 Å². The Morgan fingerprint density at radius 1 is 0.565 bits per heavy atom. The van der Waals surface area contributed by atoms with Gasteiger partial charge in [-0.05, 0) is 87.6 Å². The largest absolute Gasteiger partial charge is 0.455 e. The minimum Gasteiger partial charge on any atom is -0.455 e. The van der Waals surface area contributed by atoms with Gasteiger partial charge in [-0.15, -0.1) is 11.3 Å². The van der Waals surface area contributed by atoms with Crippen molar-refractivity contribution in [3.05, 3.63) is 151 Å². The molecular formula is C43H29NOS. The van der Waals surface area contributed by atoms with Crippen LogP contribution >= 0.6 is 11.3 Å². The second-order valence-corrected chi connectivity index (χ2v) is 14.0. The molecule has 0 aliphatic heterocycles. The maximum absolute atomic E-state index is 6.71. The average Bonchev–Trinajstić information content (AvgIpc) is 3.72. The third-order valence-electron chi connectivity index (χ3n) is 10.0. The lowest BCUT2D eigenvalue weighted by Gasteiger charge is -2.27. The van der Waals surface area contributed by atoms with E-state index in [-0.39, 0.29) is 5.41 Å². The highest BCUT2D eigenvalue weighted by Crippen LogP contribution is 2.52. The number of thiophene rings is 1. The molecule has 0 N–H and O–H groups in total. The molecule has 2 nitrogen and oxygen atoms in total. The summed E-state index contributed by atoms with van der Waals surface area (Å²) in [6.45, 7) is 4.68. The Kier molecular flexibility index (Phi) is 5.25. The molecule has 0 spiro atoms.